The van der Waals surface area contributed by atoms with Crippen LogP contribution in [0.3, 0.4) is 0 Å². The van der Waals surface area contributed by atoms with Crippen molar-refractivity contribution in [3.63, 3.8) is 0 Å². The number of rotatable bonds is 4. The standard InChI is InChI=1S/C13H17ClN2O3S/c14-12-4-2-1-3-11(12)8-16-13(17)15-7-10-5-6-20(18,19)9-10/h1-4,10H,5-9H2,(H2,15,16,17)/t10-/m1/s1. The zero-order chi connectivity index (χ0) is 14.6. The van der Waals surface area contributed by atoms with Gasteiger partial charge >= 0.3 is 6.03 Å². The Morgan fingerprint density at radius 2 is 2.05 bits per heavy atom. The van der Waals surface area contributed by atoms with Crippen molar-refractivity contribution in [2.45, 2.75) is 13.0 Å². The van der Waals surface area contributed by atoms with Crippen molar-refractivity contribution in [2.24, 2.45) is 5.92 Å². The van der Waals surface area contributed by atoms with Gasteiger partial charge in [-0.3, -0.25) is 0 Å². The van der Waals surface area contributed by atoms with E-state index in [-0.39, 0.29) is 23.5 Å². The SMILES string of the molecule is O=C(NCc1ccccc1Cl)NC[C@H]1CCS(=O)(=O)C1. The van der Waals surface area contributed by atoms with Crippen molar-refractivity contribution >= 4 is 27.5 Å². The average Bonchev–Trinajstić information content (AvgIpc) is 2.75. The molecular formula is C13H17ClN2O3S. The van der Waals surface area contributed by atoms with Crippen LogP contribution in [0, 0.1) is 5.92 Å². The van der Waals surface area contributed by atoms with E-state index in [0.717, 1.165) is 5.56 Å². The lowest BCUT2D eigenvalue weighted by molar-refractivity contribution is 0.239. The second-order valence-corrected chi connectivity index (χ2v) is 7.56. The first kappa shape index (κ1) is 15.1. The van der Waals surface area contributed by atoms with Crippen LogP contribution in [0.15, 0.2) is 24.3 Å². The zero-order valence-corrected chi connectivity index (χ0v) is 12.5. The molecule has 0 radical (unpaired) electrons. The summed E-state index contributed by atoms with van der Waals surface area (Å²) >= 11 is 5.98. The minimum atomic E-state index is -2.89. The van der Waals surface area contributed by atoms with Crippen LogP contribution in [0.5, 0.6) is 0 Å². The van der Waals surface area contributed by atoms with Gasteiger partial charge < -0.3 is 10.6 Å². The number of nitrogens with one attached hydrogen (secondary N) is 2. The minimum Gasteiger partial charge on any atom is -0.338 e. The van der Waals surface area contributed by atoms with E-state index in [9.17, 15) is 13.2 Å². The Balaban J connectivity index is 1.73. The smallest absolute Gasteiger partial charge is 0.315 e. The molecule has 7 heteroatoms. The first-order valence-electron chi connectivity index (χ1n) is 6.42. The number of halogens is 1. The van der Waals surface area contributed by atoms with Crippen LogP contribution in [-0.4, -0.2) is 32.5 Å². The molecule has 1 aromatic carbocycles. The monoisotopic (exact) mass is 316 g/mol. The molecule has 2 amide bonds. The Hall–Kier alpha value is -1.27. The molecule has 0 saturated carbocycles. The first-order chi connectivity index (χ1) is 9.46. The quantitative estimate of drug-likeness (QED) is 0.885. The molecule has 2 N–H and O–H groups in total. The molecule has 0 unspecified atom stereocenters. The number of carbonyl (C=O) groups is 1. The highest BCUT2D eigenvalue weighted by atomic mass is 35.5. The van der Waals surface area contributed by atoms with Gasteiger partial charge in [0, 0.05) is 18.1 Å². The van der Waals surface area contributed by atoms with Gasteiger partial charge in [-0.1, -0.05) is 29.8 Å². The molecule has 1 saturated heterocycles. The topological polar surface area (TPSA) is 75.3 Å². The molecule has 1 fully saturated rings. The number of carbonyl (C=O) groups excluding carboxylic acids is 1. The van der Waals surface area contributed by atoms with E-state index in [1.807, 2.05) is 18.2 Å². The minimum absolute atomic E-state index is 0.0195. The van der Waals surface area contributed by atoms with Crippen molar-refractivity contribution in [3.8, 4) is 0 Å². The van der Waals surface area contributed by atoms with E-state index >= 15 is 0 Å². The van der Waals surface area contributed by atoms with Gasteiger partial charge in [-0.25, -0.2) is 13.2 Å². The van der Waals surface area contributed by atoms with Gasteiger partial charge in [-0.2, -0.15) is 0 Å². The van der Waals surface area contributed by atoms with Crippen LogP contribution in [-0.2, 0) is 16.4 Å². The maximum Gasteiger partial charge on any atom is 0.315 e. The Bertz CT molecular complexity index is 589. The van der Waals surface area contributed by atoms with Crippen molar-refractivity contribution < 1.29 is 13.2 Å². The molecule has 0 bridgehead atoms. The summed E-state index contributed by atoms with van der Waals surface area (Å²) in [6.45, 7) is 0.724. The van der Waals surface area contributed by atoms with Gasteiger partial charge in [0.05, 0.1) is 11.5 Å². The molecule has 1 atom stereocenters. The molecule has 1 aromatic rings. The van der Waals surface area contributed by atoms with E-state index in [2.05, 4.69) is 10.6 Å². The lowest BCUT2D eigenvalue weighted by Gasteiger charge is -2.11. The van der Waals surface area contributed by atoms with Crippen LogP contribution in [0.25, 0.3) is 0 Å². The van der Waals surface area contributed by atoms with E-state index in [0.29, 0.717) is 24.5 Å². The third kappa shape index (κ3) is 4.38. The maximum absolute atomic E-state index is 11.6. The van der Waals surface area contributed by atoms with Crippen molar-refractivity contribution in [3.05, 3.63) is 34.9 Å². The van der Waals surface area contributed by atoms with Gasteiger partial charge in [0.1, 0.15) is 0 Å². The summed E-state index contributed by atoms with van der Waals surface area (Å²) in [6, 6.07) is 6.97. The normalized spacial score (nSPS) is 20.6. The highest BCUT2D eigenvalue weighted by Gasteiger charge is 2.27. The molecule has 20 heavy (non-hydrogen) atoms. The molecule has 0 spiro atoms. The molecule has 110 valence electrons. The fourth-order valence-corrected chi connectivity index (χ4v) is 4.21. The summed E-state index contributed by atoms with van der Waals surface area (Å²) in [6.07, 6.45) is 0.618. The van der Waals surface area contributed by atoms with Crippen molar-refractivity contribution in [2.75, 3.05) is 18.1 Å². The maximum atomic E-state index is 11.6. The number of hydrogen-bond acceptors (Lipinski definition) is 3. The lowest BCUT2D eigenvalue weighted by atomic mass is 10.1. The predicted octanol–water partition coefficient (Wildman–Crippen LogP) is 1.57. The molecule has 1 heterocycles. The molecule has 0 aromatic heterocycles. The molecule has 1 aliphatic rings. The van der Waals surface area contributed by atoms with E-state index in [1.54, 1.807) is 6.07 Å². The lowest BCUT2D eigenvalue weighted by Crippen LogP contribution is -2.38. The van der Waals surface area contributed by atoms with Crippen molar-refractivity contribution in [1.82, 2.24) is 10.6 Å². The molecular weight excluding hydrogens is 300 g/mol. The third-order valence-corrected chi connectivity index (χ3v) is 5.48. The number of amides is 2. The van der Waals surface area contributed by atoms with E-state index in [4.69, 9.17) is 11.6 Å². The highest BCUT2D eigenvalue weighted by molar-refractivity contribution is 7.91. The Kier molecular flexibility index (Phi) is 4.88. The predicted molar refractivity (Wildman–Crippen MR) is 78.5 cm³/mol. The van der Waals surface area contributed by atoms with Crippen LogP contribution in [0.2, 0.25) is 5.02 Å². The molecule has 2 rings (SSSR count). The second-order valence-electron chi connectivity index (χ2n) is 4.92. The highest BCUT2D eigenvalue weighted by Crippen LogP contribution is 2.17. The number of benzene rings is 1. The van der Waals surface area contributed by atoms with Crippen molar-refractivity contribution in [1.29, 1.82) is 0 Å². The summed E-state index contributed by atoms with van der Waals surface area (Å²) < 4.78 is 22.6. The van der Waals surface area contributed by atoms with Gasteiger partial charge in [0.15, 0.2) is 9.84 Å². The van der Waals surface area contributed by atoms with Crippen LogP contribution in [0.1, 0.15) is 12.0 Å². The summed E-state index contributed by atoms with van der Waals surface area (Å²) in [5, 5.41) is 6.00. The largest absolute Gasteiger partial charge is 0.338 e. The second kappa shape index (κ2) is 6.45. The zero-order valence-electron chi connectivity index (χ0n) is 10.9. The van der Waals surface area contributed by atoms with Crippen LogP contribution in [0.4, 0.5) is 4.79 Å². The Labute approximate surface area is 123 Å². The Morgan fingerprint density at radius 3 is 2.70 bits per heavy atom. The van der Waals surface area contributed by atoms with Gasteiger partial charge in [-0.05, 0) is 24.0 Å². The van der Waals surface area contributed by atoms with Crippen LogP contribution >= 0.6 is 11.6 Å². The fraction of sp³-hybridized carbons (Fsp3) is 0.462. The summed E-state index contributed by atoms with van der Waals surface area (Å²) in [4.78, 5) is 11.6. The first-order valence-corrected chi connectivity index (χ1v) is 8.62. The van der Waals surface area contributed by atoms with E-state index < -0.39 is 9.84 Å². The Morgan fingerprint density at radius 1 is 1.30 bits per heavy atom. The average molecular weight is 317 g/mol. The summed E-state index contributed by atoms with van der Waals surface area (Å²) in [5.41, 5.74) is 0.841. The van der Waals surface area contributed by atoms with Crippen LogP contribution < -0.4 is 10.6 Å². The molecule has 0 aliphatic carbocycles. The summed E-state index contributed by atoms with van der Waals surface area (Å²) in [5.74, 6) is 0.407. The number of hydrogen-bond donors (Lipinski definition) is 2. The van der Waals surface area contributed by atoms with Gasteiger partial charge in [0.2, 0.25) is 0 Å². The number of sulfone groups is 1. The van der Waals surface area contributed by atoms with Gasteiger partial charge in [0.25, 0.3) is 0 Å². The fourth-order valence-electron chi connectivity index (χ4n) is 2.15. The van der Waals surface area contributed by atoms with Gasteiger partial charge in [-0.15, -0.1) is 0 Å². The summed E-state index contributed by atoms with van der Waals surface area (Å²) in [7, 11) is -2.89. The molecule has 5 nitrogen and oxygen atoms in total. The van der Waals surface area contributed by atoms with E-state index in [1.165, 1.54) is 0 Å². The molecule has 1 aliphatic heterocycles. The third-order valence-electron chi connectivity index (χ3n) is 3.28. The number of urea groups is 1.